The van der Waals surface area contributed by atoms with Crippen LogP contribution in [-0.2, 0) is 9.59 Å². The van der Waals surface area contributed by atoms with Gasteiger partial charge in [0.25, 0.3) is 5.91 Å². The Morgan fingerprint density at radius 3 is 2.60 bits per heavy atom. The van der Waals surface area contributed by atoms with Crippen molar-refractivity contribution in [3.8, 4) is 5.75 Å². The van der Waals surface area contributed by atoms with Gasteiger partial charge in [0.1, 0.15) is 11.8 Å². The summed E-state index contributed by atoms with van der Waals surface area (Å²) in [7, 11) is 1.71. The molecule has 2 amide bonds. The molecule has 1 aromatic rings. The first-order valence-corrected chi connectivity index (χ1v) is 6.84. The fourth-order valence-electron chi connectivity index (χ4n) is 1.95. The molecule has 1 aromatic carbocycles. The quantitative estimate of drug-likeness (QED) is 0.920. The normalized spacial score (nSPS) is 18.2. The Morgan fingerprint density at radius 2 is 2.05 bits per heavy atom. The van der Waals surface area contributed by atoms with Crippen molar-refractivity contribution in [2.24, 2.45) is 0 Å². The Balaban J connectivity index is 1.85. The summed E-state index contributed by atoms with van der Waals surface area (Å²) in [6, 6.07) is 4.24. The van der Waals surface area contributed by atoms with Crippen LogP contribution < -0.4 is 10.1 Å². The number of nitrogens with zero attached hydrogens (tertiary/aromatic N) is 1. The molecule has 1 atom stereocenters. The van der Waals surface area contributed by atoms with Crippen LogP contribution in [0.2, 0.25) is 10.0 Å². The summed E-state index contributed by atoms with van der Waals surface area (Å²) in [6.07, 6.45) is 0.615. The third-order valence-electron chi connectivity index (χ3n) is 2.97. The van der Waals surface area contributed by atoms with E-state index >= 15 is 0 Å². The Bertz CT molecular complexity index is 516. The van der Waals surface area contributed by atoms with Gasteiger partial charge in [-0.1, -0.05) is 23.2 Å². The van der Waals surface area contributed by atoms with Crippen molar-refractivity contribution >= 4 is 35.0 Å². The molecule has 5 nitrogen and oxygen atoms in total. The molecule has 2 rings (SSSR count). The number of hydrogen-bond acceptors (Lipinski definition) is 3. The summed E-state index contributed by atoms with van der Waals surface area (Å²) < 4.78 is 5.30. The fraction of sp³-hybridized carbons (Fsp3) is 0.385. The number of carbonyl (C=O) groups is 2. The summed E-state index contributed by atoms with van der Waals surface area (Å²) >= 11 is 11.6. The van der Waals surface area contributed by atoms with Crippen LogP contribution in [0.25, 0.3) is 0 Å². The summed E-state index contributed by atoms with van der Waals surface area (Å²) in [5.41, 5.74) is 0. The molecule has 0 saturated carbocycles. The molecule has 108 valence electrons. The van der Waals surface area contributed by atoms with Gasteiger partial charge < -0.3 is 15.0 Å². The topological polar surface area (TPSA) is 58.6 Å². The number of halogens is 2. The zero-order chi connectivity index (χ0) is 14.7. The number of amides is 2. The molecule has 0 spiro atoms. The standard InChI is InChI=1S/C13H14Cl2N2O3/c1-17-3-2-11(13(17)19)16-12(18)7-20-10-5-8(14)4-9(15)6-10/h4-6,11H,2-3,7H2,1H3,(H,16,18)/t11-/m0/s1. The number of nitrogens with one attached hydrogen (secondary N) is 1. The number of rotatable bonds is 4. The van der Waals surface area contributed by atoms with E-state index in [9.17, 15) is 9.59 Å². The lowest BCUT2D eigenvalue weighted by atomic mass is 10.2. The highest BCUT2D eigenvalue weighted by Crippen LogP contribution is 2.24. The van der Waals surface area contributed by atoms with Crippen LogP contribution >= 0.6 is 23.2 Å². The molecule has 1 heterocycles. The van der Waals surface area contributed by atoms with E-state index in [2.05, 4.69) is 5.32 Å². The molecule has 1 aliphatic heterocycles. The van der Waals surface area contributed by atoms with E-state index in [1.54, 1.807) is 30.1 Å². The second-order valence-corrected chi connectivity index (χ2v) is 5.44. The van der Waals surface area contributed by atoms with Crippen LogP contribution in [0, 0.1) is 0 Å². The molecule has 0 bridgehead atoms. The number of likely N-dealkylation sites (N-methyl/N-ethyl adjacent to an activating group) is 1. The highest BCUT2D eigenvalue weighted by Gasteiger charge is 2.30. The summed E-state index contributed by atoms with van der Waals surface area (Å²) in [6.45, 7) is 0.457. The molecule has 0 aromatic heterocycles. The van der Waals surface area contributed by atoms with Crippen molar-refractivity contribution in [2.45, 2.75) is 12.5 Å². The molecule has 1 N–H and O–H groups in total. The minimum absolute atomic E-state index is 0.0795. The van der Waals surface area contributed by atoms with Crippen molar-refractivity contribution < 1.29 is 14.3 Å². The Hall–Kier alpha value is -1.46. The zero-order valence-corrected chi connectivity index (χ0v) is 12.4. The molecule has 20 heavy (non-hydrogen) atoms. The van der Waals surface area contributed by atoms with Crippen LogP contribution in [0.5, 0.6) is 5.75 Å². The van der Waals surface area contributed by atoms with E-state index in [1.807, 2.05) is 0 Å². The highest BCUT2D eigenvalue weighted by molar-refractivity contribution is 6.34. The van der Waals surface area contributed by atoms with E-state index in [-0.39, 0.29) is 18.4 Å². The predicted octanol–water partition coefficient (Wildman–Crippen LogP) is 1.72. The molecule has 0 unspecified atom stereocenters. The van der Waals surface area contributed by atoms with Gasteiger partial charge in [-0.3, -0.25) is 9.59 Å². The maximum absolute atomic E-state index is 11.7. The Labute approximate surface area is 126 Å². The smallest absolute Gasteiger partial charge is 0.258 e. The van der Waals surface area contributed by atoms with Crippen molar-refractivity contribution in [1.82, 2.24) is 10.2 Å². The maximum atomic E-state index is 11.7. The van der Waals surface area contributed by atoms with Gasteiger partial charge in [0, 0.05) is 23.6 Å². The van der Waals surface area contributed by atoms with Gasteiger partial charge in [0.2, 0.25) is 5.91 Å². The van der Waals surface area contributed by atoms with Crippen LogP contribution in [-0.4, -0.2) is 43.0 Å². The van der Waals surface area contributed by atoms with Crippen LogP contribution in [0.15, 0.2) is 18.2 Å². The van der Waals surface area contributed by atoms with Gasteiger partial charge in [0.05, 0.1) is 0 Å². The van der Waals surface area contributed by atoms with Crippen LogP contribution in [0.4, 0.5) is 0 Å². The van der Waals surface area contributed by atoms with Gasteiger partial charge in [-0.25, -0.2) is 0 Å². The highest BCUT2D eigenvalue weighted by atomic mass is 35.5. The van der Waals surface area contributed by atoms with Gasteiger partial charge in [-0.15, -0.1) is 0 Å². The van der Waals surface area contributed by atoms with E-state index in [4.69, 9.17) is 27.9 Å². The molecule has 1 aliphatic rings. The number of carbonyl (C=O) groups excluding carboxylic acids is 2. The SMILES string of the molecule is CN1CC[C@H](NC(=O)COc2cc(Cl)cc(Cl)c2)C1=O. The van der Waals surface area contributed by atoms with Crippen LogP contribution in [0.1, 0.15) is 6.42 Å². The minimum atomic E-state index is -0.459. The third-order valence-corrected chi connectivity index (χ3v) is 3.41. The maximum Gasteiger partial charge on any atom is 0.258 e. The zero-order valence-electron chi connectivity index (χ0n) is 10.9. The molecule has 7 heteroatoms. The lowest BCUT2D eigenvalue weighted by molar-refractivity contribution is -0.132. The molecule has 0 aliphatic carbocycles. The Kier molecular flexibility index (Phi) is 4.73. The summed E-state index contributed by atoms with van der Waals surface area (Å²) in [5.74, 6) is -0.0218. The lowest BCUT2D eigenvalue weighted by Crippen LogP contribution is -2.42. The average Bonchev–Trinajstić information content (AvgIpc) is 2.67. The molecule has 1 saturated heterocycles. The van der Waals surface area contributed by atoms with Gasteiger partial charge in [0.15, 0.2) is 6.61 Å². The van der Waals surface area contributed by atoms with Gasteiger partial charge in [-0.05, 0) is 24.6 Å². The Morgan fingerprint density at radius 1 is 1.40 bits per heavy atom. The first-order valence-electron chi connectivity index (χ1n) is 6.09. The largest absolute Gasteiger partial charge is 0.484 e. The van der Waals surface area contributed by atoms with Crippen molar-refractivity contribution in [3.05, 3.63) is 28.2 Å². The first-order chi connectivity index (χ1) is 9.45. The number of ether oxygens (including phenoxy) is 1. The van der Waals surface area contributed by atoms with Crippen molar-refractivity contribution in [3.63, 3.8) is 0 Å². The fourth-order valence-corrected chi connectivity index (χ4v) is 2.46. The number of benzene rings is 1. The van der Waals surface area contributed by atoms with Crippen LogP contribution in [0.3, 0.4) is 0 Å². The second-order valence-electron chi connectivity index (χ2n) is 4.56. The second kappa shape index (κ2) is 6.33. The average molecular weight is 317 g/mol. The molecular formula is C13H14Cl2N2O3. The first kappa shape index (κ1) is 14.9. The van der Waals surface area contributed by atoms with Gasteiger partial charge >= 0.3 is 0 Å². The van der Waals surface area contributed by atoms with E-state index in [0.717, 1.165) is 0 Å². The molecule has 1 fully saturated rings. The van der Waals surface area contributed by atoms with Crippen molar-refractivity contribution in [2.75, 3.05) is 20.2 Å². The molecular weight excluding hydrogens is 303 g/mol. The number of hydrogen-bond donors (Lipinski definition) is 1. The van der Waals surface area contributed by atoms with Gasteiger partial charge in [-0.2, -0.15) is 0 Å². The van der Waals surface area contributed by atoms with Crippen molar-refractivity contribution in [1.29, 1.82) is 0 Å². The summed E-state index contributed by atoms with van der Waals surface area (Å²) in [4.78, 5) is 24.9. The third kappa shape index (κ3) is 3.77. The summed E-state index contributed by atoms with van der Waals surface area (Å²) in [5, 5.41) is 3.50. The lowest BCUT2D eigenvalue weighted by Gasteiger charge is -2.13. The van der Waals surface area contributed by atoms with E-state index in [1.165, 1.54) is 0 Å². The number of likely N-dealkylation sites (tertiary alicyclic amines) is 1. The minimum Gasteiger partial charge on any atom is -0.484 e. The monoisotopic (exact) mass is 316 g/mol. The predicted molar refractivity (Wildman–Crippen MR) is 76.1 cm³/mol. The van der Waals surface area contributed by atoms with E-state index in [0.29, 0.717) is 28.8 Å². The van der Waals surface area contributed by atoms with E-state index < -0.39 is 6.04 Å². The molecule has 0 radical (unpaired) electrons.